The molecule has 22 heavy (non-hydrogen) atoms. The average Bonchev–Trinajstić information content (AvgIpc) is 2.50. The monoisotopic (exact) mass is 325 g/mol. The van der Waals surface area contributed by atoms with Crippen molar-refractivity contribution < 1.29 is 24.2 Å². The predicted molar refractivity (Wildman–Crippen MR) is 83.8 cm³/mol. The van der Waals surface area contributed by atoms with E-state index >= 15 is 0 Å². The Kier molecular flexibility index (Phi) is 7.45. The number of methoxy groups -OCH3 is 1. The summed E-state index contributed by atoms with van der Waals surface area (Å²) in [5, 5.41) is 11.4. The molecule has 0 bridgehead atoms. The molecule has 1 rings (SSSR count). The minimum Gasteiger partial charge on any atom is -0.480 e. The molecule has 0 heterocycles. The van der Waals surface area contributed by atoms with Gasteiger partial charge in [0.2, 0.25) is 5.91 Å². The van der Waals surface area contributed by atoms with Crippen molar-refractivity contribution in [1.29, 1.82) is 0 Å². The smallest absolute Gasteiger partial charge is 0.327 e. The van der Waals surface area contributed by atoms with Crippen molar-refractivity contribution in [3.05, 3.63) is 35.9 Å². The van der Waals surface area contributed by atoms with Gasteiger partial charge in [-0.05, 0) is 5.56 Å². The number of nitrogens with one attached hydrogen (secondary N) is 1. The maximum absolute atomic E-state index is 11.9. The Bertz CT molecular complexity index is 520. The molecule has 2 unspecified atom stereocenters. The number of esters is 1. The molecule has 0 saturated carbocycles. The molecular formula is C15H19NO5S. The van der Waals surface area contributed by atoms with Crippen molar-refractivity contribution in [2.45, 2.75) is 18.9 Å². The number of ether oxygens (including phenoxy) is 1. The van der Waals surface area contributed by atoms with E-state index in [9.17, 15) is 14.4 Å². The first-order valence-corrected chi connectivity index (χ1v) is 7.81. The molecule has 0 aliphatic heterocycles. The lowest BCUT2D eigenvalue weighted by Crippen LogP contribution is -2.41. The number of rotatable bonds is 8. The van der Waals surface area contributed by atoms with Gasteiger partial charge in [-0.25, -0.2) is 4.79 Å². The Morgan fingerprint density at radius 2 is 1.86 bits per heavy atom. The molecule has 1 aromatic carbocycles. The molecule has 0 aliphatic carbocycles. The number of amides is 1. The molecule has 0 fully saturated rings. The van der Waals surface area contributed by atoms with Gasteiger partial charge < -0.3 is 15.2 Å². The summed E-state index contributed by atoms with van der Waals surface area (Å²) in [6, 6.07) is 8.18. The molecule has 120 valence electrons. The van der Waals surface area contributed by atoms with E-state index in [-0.39, 0.29) is 11.7 Å². The Balaban J connectivity index is 2.66. The Labute approximate surface area is 133 Å². The molecular weight excluding hydrogens is 306 g/mol. The fraction of sp³-hybridized carbons (Fsp3) is 0.400. The lowest BCUT2D eigenvalue weighted by molar-refractivity contribution is -0.142. The number of carboxylic acid groups (broad SMARTS) is 1. The summed E-state index contributed by atoms with van der Waals surface area (Å²) >= 11 is 1.28. The number of carboxylic acids is 1. The third kappa shape index (κ3) is 5.77. The van der Waals surface area contributed by atoms with Crippen molar-refractivity contribution >= 4 is 29.6 Å². The number of hydrogen-bond donors (Lipinski definition) is 2. The summed E-state index contributed by atoms with van der Waals surface area (Å²) in [5.41, 5.74) is 0.813. The van der Waals surface area contributed by atoms with Crippen molar-refractivity contribution in [3.63, 3.8) is 0 Å². The fourth-order valence-electron chi connectivity index (χ4n) is 1.85. The maximum Gasteiger partial charge on any atom is 0.327 e. The Morgan fingerprint density at radius 1 is 1.23 bits per heavy atom. The number of aliphatic carboxylic acids is 1. The SMILES string of the molecule is COC(=O)C(CSCC(NC(C)=O)C(=O)O)c1ccccc1. The van der Waals surface area contributed by atoms with Gasteiger partial charge in [0.1, 0.15) is 6.04 Å². The first-order chi connectivity index (χ1) is 10.5. The second kappa shape index (κ2) is 9.09. The van der Waals surface area contributed by atoms with Crippen molar-refractivity contribution in [1.82, 2.24) is 5.32 Å². The third-order valence-corrected chi connectivity index (χ3v) is 4.07. The molecule has 0 spiro atoms. The van der Waals surface area contributed by atoms with E-state index in [2.05, 4.69) is 5.32 Å². The van der Waals surface area contributed by atoms with Crippen LogP contribution in [-0.4, -0.2) is 47.6 Å². The van der Waals surface area contributed by atoms with Crippen LogP contribution in [0.3, 0.4) is 0 Å². The minimum absolute atomic E-state index is 0.176. The van der Waals surface area contributed by atoms with Crippen LogP contribution in [0.4, 0.5) is 0 Å². The first-order valence-electron chi connectivity index (χ1n) is 6.66. The zero-order valence-electron chi connectivity index (χ0n) is 12.4. The van der Waals surface area contributed by atoms with E-state index < -0.39 is 23.8 Å². The van der Waals surface area contributed by atoms with Gasteiger partial charge in [0, 0.05) is 18.4 Å². The molecule has 0 radical (unpaired) electrons. The molecule has 2 N–H and O–H groups in total. The van der Waals surface area contributed by atoms with Gasteiger partial charge in [-0.3, -0.25) is 9.59 Å². The molecule has 7 heteroatoms. The third-order valence-electron chi connectivity index (χ3n) is 2.93. The molecule has 6 nitrogen and oxygen atoms in total. The van der Waals surface area contributed by atoms with Gasteiger partial charge >= 0.3 is 11.9 Å². The summed E-state index contributed by atoms with van der Waals surface area (Å²) < 4.78 is 4.80. The Morgan fingerprint density at radius 3 is 2.36 bits per heavy atom. The lowest BCUT2D eigenvalue weighted by atomic mass is 10.0. The molecule has 0 aromatic heterocycles. The van der Waals surface area contributed by atoms with E-state index in [0.29, 0.717) is 5.75 Å². The van der Waals surface area contributed by atoms with Crippen LogP contribution in [0.5, 0.6) is 0 Å². The molecule has 2 atom stereocenters. The van der Waals surface area contributed by atoms with Crippen LogP contribution in [0.25, 0.3) is 0 Å². The van der Waals surface area contributed by atoms with E-state index in [1.165, 1.54) is 25.8 Å². The quantitative estimate of drug-likeness (QED) is 0.699. The summed E-state index contributed by atoms with van der Waals surface area (Å²) in [5.74, 6) is -1.79. The summed E-state index contributed by atoms with van der Waals surface area (Å²) in [7, 11) is 1.32. The number of carbonyl (C=O) groups is 3. The van der Waals surface area contributed by atoms with Crippen molar-refractivity contribution in [2.75, 3.05) is 18.6 Å². The fourth-order valence-corrected chi connectivity index (χ4v) is 3.01. The van der Waals surface area contributed by atoms with E-state index in [0.717, 1.165) is 5.56 Å². The highest BCUT2D eigenvalue weighted by atomic mass is 32.2. The zero-order valence-corrected chi connectivity index (χ0v) is 13.3. The number of thioether (sulfide) groups is 1. The van der Waals surface area contributed by atoms with Crippen LogP contribution in [0.2, 0.25) is 0 Å². The predicted octanol–water partition coefficient (Wildman–Crippen LogP) is 1.27. The lowest BCUT2D eigenvalue weighted by Gasteiger charge is -2.17. The molecule has 1 amide bonds. The second-order valence-corrected chi connectivity index (χ2v) is 5.69. The first kappa shape index (κ1) is 18.0. The summed E-state index contributed by atoms with van der Waals surface area (Å²) in [4.78, 5) is 33.9. The normalized spacial score (nSPS) is 13.0. The second-order valence-electron chi connectivity index (χ2n) is 4.62. The van der Waals surface area contributed by atoms with Crippen LogP contribution in [0.15, 0.2) is 30.3 Å². The average molecular weight is 325 g/mol. The molecule has 1 aromatic rings. The Hall–Kier alpha value is -2.02. The maximum atomic E-state index is 11.9. The summed E-state index contributed by atoms with van der Waals surface area (Å²) in [6.07, 6.45) is 0. The molecule has 0 aliphatic rings. The number of hydrogen-bond acceptors (Lipinski definition) is 5. The highest BCUT2D eigenvalue weighted by Crippen LogP contribution is 2.22. The number of carbonyl (C=O) groups excluding carboxylic acids is 2. The summed E-state index contributed by atoms with van der Waals surface area (Å²) in [6.45, 7) is 1.27. The van der Waals surface area contributed by atoms with Crippen LogP contribution < -0.4 is 5.32 Å². The minimum atomic E-state index is -1.10. The largest absolute Gasteiger partial charge is 0.480 e. The van der Waals surface area contributed by atoms with E-state index in [4.69, 9.17) is 9.84 Å². The zero-order chi connectivity index (χ0) is 16.5. The highest BCUT2D eigenvalue weighted by molar-refractivity contribution is 7.99. The van der Waals surface area contributed by atoms with Gasteiger partial charge in [0.25, 0.3) is 0 Å². The standard InChI is InChI=1S/C15H19NO5S/c1-10(17)16-13(14(18)19)9-22-8-12(15(20)21-2)11-6-4-3-5-7-11/h3-7,12-13H,8-9H2,1-2H3,(H,16,17)(H,18,19). The van der Waals surface area contributed by atoms with Gasteiger partial charge in [-0.1, -0.05) is 30.3 Å². The van der Waals surface area contributed by atoms with Crippen LogP contribution >= 0.6 is 11.8 Å². The van der Waals surface area contributed by atoms with Gasteiger partial charge in [-0.2, -0.15) is 11.8 Å². The van der Waals surface area contributed by atoms with Gasteiger partial charge in [-0.15, -0.1) is 0 Å². The van der Waals surface area contributed by atoms with Crippen molar-refractivity contribution in [3.8, 4) is 0 Å². The van der Waals surface area contributed by atoms with Crippen LogP contribution in [0, 0.1) is 0 Å². The van der Waals surface area contributed by atoms with Crippen LogP contribution in [-0.2, 0) is 19.1 Å². The van der Waals surface area contributed by atoms with Gasteiger partial charge in [0.15, 0.2) is 0 Å². The van der Waals surface area contributed by atoms with E-state index in [1.54, 1.807) is 0 Å². The molecule has 0 saturated heterocycles. The number of benzene rings is 1. The highest BCUT2D eigenvalue weighted by Gasteiger charge is 2.24. The van der Waals surface area contributed by atoms with Crippen molar-refractivity contribution in [2.24, 2.45) is 0 Å². The topological polar surface area (TPSA) is 92.7 Å². The van der Waals surface area contributed by atoms with E-state index in [1.807, 2.05) is 30.3 Å². The van der Waals surface area contributed by atoms with Gasteiger partial charge in [0.05, 0.1) is 13.0 Å². The van der Waals surface area contributed by atoms with Crippen LogP contribution in [0.1, 0.15) is 18.4 Å².